The molecule has 0 aromatic heterocycles. The van der Waals surface area contributed by atoms with Gasteiger partial charge < -0.3 is 15.5 Å². The van der Waals surface area contributed by atoms with Crippen LogP contribution in [0.15, 0.2) is 0 Å². The van der Waals surface area contributed by atoms with Crippen molar-refractivity contribution in [1.82, 2.24) is 10.2 Å². The number of piperidine rings is 1. The summed E-state index contributed by atoms with van der Waals surface area (Å²) in [6, 6.07) is 1.24. The summed E-state index contributed by atoms with van der Waals surface area (Å²) in [6.07, 6.45) is 6.61. The van der Waals surface area contributed by atoms with Crippen LogP contribution in [-0.2, 0) is 0 Å². The van der Waals surface area contributed by atoms with Crippen LogP contribution >= 0.6 is 0 Å². The topological polar surface area (TPSA) is 55.7 Å². The highest BCUT2D eigenvalue weighted by molar-refractivity contribution is 4.91. The zero-order valence-corrected chi connectivity index (χ0v) is 12.2. The molecule has 3 N–H and O–H groups in total. The monoisotopic (exact) mass is 270 g/mol. The molecular weight excluding hydrogens is 240 g/mol. The van der Waals surface area contributed by atoms with Crippen LogP contribution in [0.1, 0.15) is 45.4 Å². The number of nitrogens with one attached hydrogen (secondary N) is 1. The Kier molecular flexibility index (Phi) is 6.07. The molecule has 0 aromatic carbocycles. The molecule has 1 aliphatic heterocycles. The minimum atomic E-state index is -0.162. The van der Waals surface area contributed by atoms with Crippen molar-refractivity contribution >= 4 is 0 Å². The van der Waals surface area contributed by atoms with Gasteiger partial charge in [0.15, 0.2) is 0 Å². The van der Waals surface area contributed by atoms with Crippen LogP contribution in [0.3, 0.4) is 0 Å². The maximum Gasteiger partial charge on any atom is 0.0578 e. The lowest BCUT2D eigenvalue weighted by molar-refractivity contribution is 0.00265. The van der Waals surface area contributed by atoms with Gasteiger partial charge in [0.2, 0.25) is 0 Å². The molecule has 3 atom stereocenters. The zero-order valence-electron chi connectivity index (χ0n) is 12.2. The van der Waals surface area contributed by atoms with Gasteiger partial charge in [-0.15, -0.1) is 0 Å². The van der Waals surface area contributed by atoms with Crippen molar-refractivity contribution < 1.29 is 10.2 Å². The normalized spacial score (nSPS) is 31.1. The van der Waals surface area contributed by atoms with E-state index >= 15 is 0 Å². The molecule has 1 saturated carbocycles. The van der Waals surface area contributed by atoms with Crippen LogP contribution in [0, 0.1) is 5.92 Å². The van der Waals surface area contributed by atoms with Crippen LogP contribution in [-0.4, -0.2) is 59.5 Å². The molecule has 1 saturated heterocycles. The molecule has 3 unspecified atom stereocenters. The molecule has 1 heterocycles. The number of aliphatic hydroxyl groups excluding tert-OH is 2. The summed E-state index contributed by atoms with van der Waals surface area (Å²) in [5, 5.41) is 22.6. The third-order valence-corrected chi connectivity index (χ3v) is 4.83. The molecule has 1 aliphatic carbocycles. The van der Waals surface area contributed by atoms with Gasteiger partial charge in [-0.05, 0) is 44.6 Å². The fourth-order valence-electron chi connectivity index (χ4n) is 3.37. The first kappa shape index (κ1) is 15.2. The van der Waals surface area contributed by atoms with E-state index in [1.807, 2.05) is 0 Å². The fraction of sp³-hybridized carbons (Fsp3) is 1.00. The van der Waals surface area contributed by atoms with E-state index in [9.17, 15) is 5.11 Å². The quantitative estimate of drug-likeness (QED) is 0.604. The predicted molar refractivity (Wildman–Crippen MR) is 77.1 cm³/mol. The lowest BCUT2D eigenvalue weighted by atomic mass is 9.84. The maximum absolute atomic E-state index is 10.2. The first-order valence-corrected chi connectivity index (χ1v) is 8.01. The summed E-state index contributed by atoms with van der Waals surface area (Å²) < 4.78 is 0. The van der Waals surface area contributed by atoms with Crippen molar-refractivity contribution in [3.63, 3.8) is 0 Å². The average Bonchev–Trinajstić information content (AvgIpc) is 2.36. The maximum atomic E-state index is 10.2. The van der Waals surface area contributed by atoms with Gasteiger partial charge >= 0.3 is 0 Å². The van der Waals surface area contributed by atoms with Gasteiger partial charge in [-0.3, -0.25) is 4.90 Å². The molecule has 2 rings (SSSR count). The van der Waals surface area contributed by atoms with Crippen molar-refractivity contribution in [3.05, 3.63) is 0 Å². The lowest BCUT2D eigenvalue weighted by Crippen LogP contribution is -2.56. The second kappa shape index (κ2) is 7.58. The van der Waals surface area contributed by atoms with Crippen LogP contribution in [0.4, 0.5) is 0 Å². The summed E-state index contributed by atoms with van der Waals surface area (Å²) in [7, 11) is 0. The van der Waals surface area contributed by atoms with E-state index in [2.05, 4.69) is 17.1 Å². The molecule has 2 aliphatic rings. The Labute approximate surface area is 117 Å². The predicted octanol–water partition coefficient (Wildman–Crippen LogP) is 0.972. The number of rotatable bonds is 7. The van der Waals surface area contributed by atoms with Crippen molar-refractivity contribution in [2.45, 2.75) is 63.6 Å². The van der Waals surface area contributed by atoms with Gasteiger partial charge in [0.1, 0.15) is 0 Å². The number of likely N-dealkylation sites (tertiary alicyclic amines) is 1. The summed E-state index contributed by atoms with van der Waals surface area (Å²) in [6.45, 7) is 5.39. The molecular formula is C15H30N2O2. The minimum Gasteiger partial charge on any atom is -0.396 e. The molecule has 0 bridgehead atoms. The smallest absolute Gasteiger partial charge is 0.0578 e. The number of aliphatic hydroxyl groups is 2. The largest absolute Gasteiger partial charge is 0.396 e. The van der Waals surface area contributed by atoms with Crippen molar-refractivity contribution in [2.75, 3.05) is 26.2 Å². The van der Waals surface area contributed by atoms with E-state index in [-0.39, 0.29) is 12.7 Å². The van der Waals surface area contributed by atoms with E-state index in [0.717, 1.165) is 44.9 Å². The first-order valence-electron chi connectivity index (χ1n) is 8.01. The molecule has 0 amide bonds. The SMILES string of the molecule is CCC(O)C1CC(NCCCO)CN(C2CCC2)C1. The Morgan fingerprint density at radius 2 is 2.11 bits per heavy atom. The third-order valence-electron chi connectivity index (χ3n) is 4.83. The second-order valence-electron chi connectivity index (χ2n) is 6.24. The van der Waals surface area contributed by atoms with E-state index in [1.165, 1.54) is 19.3 Å². The zero-order chi connectivity index (χ0) is 13.7. The molecule has 0 spiro atoms. The molecule has 112 valence electrons. The summed E-state index contributed by atoms with van der Waals surface area (Å²) >= 11 is 0. The third kappa shape index (κ3) is 4.15. The van der Waals surface area contributed by atoms with Gasteiger partial charge in [-0.1, -0.05) is 13.3 Å². The Bertz CT molecular complexity index is 246. The average molecular weight is 270 g/mol. The Morgan fingerprint density at radius 3 is 2.68 bits per heavy atom. The van der Waals surface area contributed by atoms with Crippen molar-refractivity contribution in [3.8, 4) is 0 Å². The van der Waals surface area contributed by atoms with Gasteiger partial charge in [-0.25, -0.2) is 0 Å². The van der Waals surface area contributed by atoms with Crippen LogP contribution in [0.5, 0.6) is 0 Å². The highest BCUT2D eigenvalue weighted by Gasteiger charge is 2.35. The molecule has 0 radical (unpaired) electrons. The number of hydrogen-bond donors (Lipinski definition) is 3. The highest BCUT2D eigenvalue weighted by atomic mass is 16.3. The van der Waals surface area contributed by atoms with Crippen LogP contribution < -0.4 is 5.32 Å². The Hall–Kier alpha value is -0.160. The van der Waals surface area contributed by atoms with Crippen LogP contribution in [0.25, 0.3) is 0 Å². The minimum absolute atomic E-state index is 0.162. The number of hydrogen-bond acceptors (Lipinski definition) is 4. The van der Waals surface area contributed by atoms with Crippen molar-refractivity contribution in [1.29, 1.82) is 0 Å². The molecule has 0 aromatic rings. The fourth-order valence-corrected chi connectivity index (χ4v) is 3.37. The van der Waals surface area contributed by atoms with E-state index in [4.69, 9.17) is 5.11 Å². The van der Waals surface area contributed by atoms with Gasteiger partial charge in [0.25, 0.3) is 0 Å². The summed E-state index contributed by atoms with van der Waals surface area (Å²) in [5.74, 6) is 0.408. The van der Waals surface area contributed by atoms with E-state index in [0.29, 0.717) is 12.0 Å². The summed E-state index contributed by atoms with van der Waals surface area (Å²) in [4.78, 5) is 2.59. The number of nitrogens with zero attached hydrogens (tertiary/aromatic N) is 1. The van der Waals surface area contributed by atoms with Gasteiger partial charge in [0.05, 0.1) is 6.10 Å². The lowest BCUT2D eigenvalue weighted by Gasteiger charge is -2.46. The Balaban J connectivity index is 1.87. The standard InChI is InChI=1S/C15H30N2O2/c1-2-15(19)12-9-13(16-7-4-8-18)11-17(10-12)14-5-3-6-14/h12-16,18-19H,2-11H2,1H3. The molecule has 19 heavy (non-hydrogen) atoms. The summed E-state index contributed by atoms with van der Waals surface area (Å²) in [5.41, 5.74) is 0. The second-order valence-corrected chi connectivity index (χ2v) is 6.24. The molecule has 4 nitrogen and oxygen atoms in total. The van der Waals surface area contributed by atoms with Gasteiger partial charge in [0, 0.05) is 31.8 Å². The van der Waals surface area contributed by atoms with Crippen LogP contribution in [0.2, 0.25) is 0 Å². The molecule has 4 heteroatoms. The van der Waals surface area contributed by atoms with Crippen molar-refractivity contribution in [2.24, 2.45) is 5.92 Å². The van der Waals surface area contributed by atoms with E-state index < -0.39 is 0 Å². The highest BCUT2D eigenvalue weighted by Crippen LogP contribution is 2.30. The molecule has 2 fully saturated rings. The van der Waals surface area contributed by atoms with Gasteiger partial charge in [-0.2, -0.15) is 0 Å². The first-order chi connectivity index (χ1) is 9.24. The van der Waals surface area contributed by atoms with E-state index in [1.54, 1.807) is 0 Å². The Morgan fingerprint density at radius 1 is 1.32 bits per heavy atom.